The van der Waals surface area contributed by atoms with Gasteiger partial charge in [-0.3, -0.25) is 0 Å². The number of hydrogen-bond acceptors (Lipinski definition) is 1. The predicted octanol–water partition coefficient (Wildman–Crippen LogP) is -2.12. The Balaban J connectivity index is 0.000000490. The molecule has 1 saturated heterocycles. The minimum Gasteiger partial charge on any atom is -1.00 e. The Morgan fingerprint density at radius 3 is 2.00 bits per heavy atom. The largest absolute Gasteiger partial charge is 1.00 e. The first kappa shape index (κ1) is 8.88. The van der Waals surface area contributed by atoms with Crippen molar-refractivity contribution in [1.82, 2.24) is 0 Å². The lowest BCUT2D eigenvalue weighted by Gasteiger charge is -2.14. The molecule has 0 N–H and O–H groups in total. The maximum Gasteiger partial charge on any atom is 0.373 e. The van der Waals surface area contributed by atoms with Crippen molar-refractivity contribution in [3.8, 4) is 0 Å². The van der Waals surface area contributed by atoms with E-state index in [0.29, 0.717) is 0 Å². The van der Waals surface area contributed by atoms with E-state index in [-0.39, 0.29) is 17.0 Å². The van der Waals surface area contributed by atoms with Crippen LogP contribution in [-0.2, 0) is 8.20 Å². The van der Waals surface area contributed by atoms with Crippen molar-refractivity contribution in [2.45, 2.75) is 0 Å². The second-order valence-corrected chi connectivity index (χ2v) is 2.36. The molecule has 2 nitrogen and oxygen atoms in total. The van der Waals surface area contributed by atoms with Crippen LogP contribution >= 0.6 is 16.3 Å². The van der Waals surface area contributed by atoms with E-state index in [1.54, 1.807) is 0 Å². The highest BCUT2D eigenvalue weighted by atomic mass is 79.9. The Kier molecular flexibility index (Phi) is 5.25. The van der Waals surface area contributed by atoms with Crippen molar-refractivity contribution in [2.75, 3.05) is 26.4 Å². The van der Waals surface area contributed by atoms with E-state index < -0.39 is 0 Å². The third kappa shape index (κ3) is 3.02. The normalized spacial score (nSPS) is 22.1. The molecule has 0 unspecified atom stereocenters. The quantitative estimate of drug-likeness (QED) is 0.446. The zero-order valence-corrected chi connectivity index (χ0v) is 7.57. The standard InChI is InChI=1S/C4H8BrO2.BrH/c5-7-3-1-6-2-4-7;/h1-4H2;1H/q+1;/p-1. The van der Waals surface area contributed by atoms with Gasteiger partial charge in [-0.25, -0.2) is 0 Å². The van der Waals surface area contributed by atoms with Crippen LogP contribution in [0.25, 0.3) is 0 Å². The molecule has 0 spiro atoms. The van der Waals surface area contributed by atoms with Crippen molar-refractivity contribution in [2.24, 2.45) is 0 Å². The zero-order chi connectivity index (χ0) is 5.11. The van der Waals surface area contributed by atoms with Crippen LogP contribution < -0.4 is 17.0 Å². The fourth-order valence-corrected chi connectivity index (χ4v) is 0.767. The van der Waals surface area contributed by atoms with Gasteiger partial charge in [-0.2, -0.15) is 0 Å². The summed E-state index contributed by atoms with van der Waals surface area (Å²) < 4.78 is 7.81. The summed E-state index contributed by atoms with van der Waals surface area (Å²) in [7, 11) is 0. The SMILES string of the molecule is Br[O+]1CCOCC1.[Br-]. The summed E-state index contributed by atoms with van der Waals surface area (Å²) in [4.78, 5) is 0. The Bertz CT molecular complexity index is 54.0. The van der Waals surface area contributed by atoms with E-state index in [9.17, 15) is 0 Å². The van der Waals surface area contributed by atoms with E-state index in [1.165, 1.54) is 0 Å². The molecule has 0 saturated carbocycles. The van der Waals surface area contributed by atoms with E-state index >= 15 is 0 Å². The maximum absolute atomic E-state index is 5.05. The summed E-state index contributed by atoms with van der Waals surface area (Å²) in [6, 6.07) is 0. The molecule has 1 rings (SSSR count). The van der Waals surface area contributed by atoms with E-state index in [2.05, 4.69) is 19.7 Å². The van der Waals surface area contributed by atoms with Crippen molar-refractivity contribution >= 4 is 16.3 Å². The summed E-state index contributed by atoms with van der Waals surface area (Å²) in [6.45, 7) is 3.52. The number of halogens is 2. The predicted molar refractivity (Wildman–Crippen MR) is 30.6 cm³/mol. The second-order valence-electron chi connectivity index (χ2n) is 1.44. The van der Waals surface area contributed by atoms with Crippen molar-refractivity contribution in [1.29, 1.82) is 0 Å². The third-order valence-corrected chi connectivity index (χ3v) is 1.55. The average Bonchev–Trinajstić information content (AvgIpc) is 1.69. The van der Waals surface area contributed by atoms with Gasteiger partial charge >= 0.3 is 16.3 Å². The molecule has 0 aromatic rings. The van der Waals surface area contributed by atoms with E-state index in [0.717, 1.165) is 26.4 Å². The third-order valence-electron chi connectivity index (χ3n) is 0.898. The summed E-state index contributed by atoms with van der Waals surface area (Å²) in [5.74, 6) is 0. The van der Waals surface area contributed by atoms with Crippen LogP contribution in [0, 0.1) is 0 Å². The molecule has 8 heavy (non-hydrogen) atoms. The van der Waals surface area contributed by atoms with Crippen LogP contribution in [0.4, 0.5) is 0 Å². The van der Waals surface area contributed by atoms with Gasteiger partial charge in [0.15, 0.2) is 13.2 Å². The molecule has 1 aliphatic heterocycles. The van der Waals surface area contributed by atoms with Gasteiger partial charge in [0.1, 0.15) is 13.2 Å². The lowest BCUT2D eigenvalue weighted by atomic mass is 10.6. The molecule has 0 radical (unpaired) electrons. The van der Waals surface area contributed by atoms with Gasteiger partial charge in [-0.05, 0) is 0 Å². The topological polar surface area (TPSA) is 11.9 Å². The Labute approximate surface area is 68.1 Å². The molecule has 0 amide bonds. The molecule has 0 aromatic carbocycles. The Morgan fingerprint density at radius 1 is 1.25 bits per heavy atom. The molecule has 1 fully saturated rings. The number of ether oxygens (including phenoxy) is 1. The highest BCUT2D eigenvalue weighted by Gasteiger charge is 2.11. The fraction of sp³-hybridized carbons (Fsp3) is 1.00. The van der Waals surface area contributed by atoms with Crippen LogP contribution in [0.15, 0.2) is 0 Å². The summed E-state index contributed by atoms with van der Waals surface area (Å²) in [5.41, 5.74) is 0. The van der Waals surface area contributed by atoms with Crippen molar-refractivity contribution in [3.05, 3.63) is 0 Å². The molecular formula is C4H8Br2O2. The maximum atomic E-state index is 5.05. The fourth-order valence-electron chi connectivity index (χ4n) is 0.503. The van der Waals surface area contributed by atoms with Gasteiger partial charge in [0.2, 0.25) is 0 Å². The van der Waals surface area contributed by atoms with Gasteiger partial charge in [-0.15, -0.1) is 0 Å². The second kappa shape index (κ2) is 4.73. The molecule has 4 heteroatoms. The first-order chi connectivity index (χ1) is 3.39. The molecular weight excluding hydrogens is 240 g/mol. The van der Waals surface area contributed by atoms with Gasteiger partial charge in [0.25, 0.3) is 0 Å². The van der Waals surface area contributed by atoms with Gasteiger partial charge < -0.3 is 25.2 Å². The minimum absolute atomic E-state index is 0. The van der Waals surface area contributed by atoms with Crippen LogP contribution in [0.5, 0.6) is 0 Å². The molecule has 0 atom stereocenters. The number of hydrogen-bond donors (Lipinski definition) is 0. The monoisotopic (exact) mass is 246 g/mol. The van der Waals surface area contributed by atoms with Crippen molar-refractivity contribution < 1.29 is 25.2 Å². The Morgan fingerprint density at radius 2 is 1.75 bits per heavy atom. The van der Waals surface area contributed by atoms with Crippen LogP contribution in [-0.4, -0.2) is 26.4 Å². The molecule has 0 bridgehead atoms. The van der Waals surface area contributed by atoms with Crippen LogP contribution in [0.2, 0.25) is 0 Å². The highest BCUT2D eigenvalue weighted by Crippen LogP contribution is 2.07. The first-order valence-corrected chi connectivity index (χ1v) is 2.96. The lowest BCUT2D eigenvalue weighted by Crippen LogP contribution is -3.00. The number of rotatable bonds is 0. The van der Waals surface area contributed by atoms with E-state index in [4.69, 9.17) is 4.74 Å². The molecule has 0 aromatic heterocycles. The average molecular weight is 248 g/mol. The Hall–Kier alpha value is 0.880. The first-order valence-electron chi connectivity index (χ1n) is 2.31. The molecule has 50 valence electrons. The smallest absolute Gasteiger partial charge is 0.373 e. The summed E-state index contributed by atoms with van der Waals surface area (Å²) in [5, 5.41) is 0. The minimum atomic E-state index is 0. The van der Waals surface area contributed by atoms with Gasteiger partial charge in [-0.1, -0.05) is 0 Å². The lowest BCUT2D eigenvalue weighted by molar-refractivity contribution is -0.0711. The van der Waals surface area contributed by atoms with Crippen LogP contribution in [0.3, 0.4) is 0 Å². The van der Waals surface area contributed by atoms with Crippen LogP contribution in [0.1, 0.15) is 0 Å². The van der Waals surface area contributed by atoms with Crippen molar-refractivity contribution in [3.63, 3.8) is 0 Å². The van der Waals surface area contributed by atoms with Gasteiger partial charge in [0, 0.05) is 0 Å². The summed E-state index contributed by atoms with van der Waals surface area (Å²) in [6.07, 6.45) is 0. The zero-order valence-electron chi connectivity index (χ0n) is 4.40. The summed E-state index contributed by atoms with van der Waals surface area (Å²) >= 11 is 3.26. The molecule has 0 aliphatic carbocycles. The molecule has 1 heterocycles. The highest BCUT2D eigenvalue weighted by molar-refractivity contribution is 9.06. The van der Waals surface area contributed by atoms with E-state index in [1.807, 2.05) is 0 Å². The molecule has 1 aliphatic rings. The van der Waals surface area contributed by atoms with Gasteiger partial charge in [0.05, 0.1) is 0 Å².